The summed E-state index contributed by atoms with van der Waals surface area (Å²) in [5, 5.41) is 19.6. The Morgan fingerprint density at radius 1 is 1.26 bits per heavy atom. The lowest BCUT2D eigenvalue weighted by Crippen LogP contribution is -2.38. The van der Waals surface area contributed by atoms with E-state index < -0.39 is 5.97 Å². The van der Waals surface area contributed by atoms with Crippen LogP contribution in [0.1, 0.15) is 28.3 Å². The van der Waals surface area contributed by atoms with Gasteiger partial charge in [-0.3, -0.25) is 19.0 Å². The van der Waals surface area contributed by atoms with Crippen LogP contribution in [0.5, 0.6) is 0 Å². The summed E-state index contributed by atoms with van der Waals surface area (Å²) in [7, 11) is 1.84. The topological polar surface area (TPSA) is 93.3 Å². The summed E-state index contributed by atoms with van der Waals surface area (Å²) in [5.41, 5.74) is 3.02. The molecule has 0 bridgehead atoms. The molecule has 1 aliphatic heterocycles. The molecule has 0 aliphatic carbocycles. The molecule has 1 N–H and O–H groups in total. The summed E-state index contributed by atoms with van der Waals surface area (Å²) in [5.74, 6) is -0.942. The smallest absolute Gasteiger partial charge is 0.303 e. The second-order valence-electron chi connectivity index (χ2n) is 6.49. The van der Waals surface area contributed by atoms with Gasteiger partial charge in [-0.2, -0.15) is 10.2 Å². The highest BCUT2D eigenvalue weighted by Crippen LogP contribution is 2.26. The molecule has 0 aromatic carbocycles. The molecule has 0 spiro atoms. The van der Waals surface area contributed by atoms with Crippen LogP contribution < -0.4 is 0 Å². The predicted octanol–water partition coefficient (Wildman–Crippen LogP) is 2.02. The van der Waals surface area contributed by atoms with Crippen LogP contribution in [0.4, 0.5) is 0 Å². The number of aliphatic carboxylic acids is 1. The number of fused-ring (bicyclic) bond motifs is 1. The Labute approximate surface area is 159 Å². The van der Waals surface area contributed by atoms with Crippen LogP contribution in [0.3, 0.4) is 0 Å². The summed E-state index contributed by atoms with van der Waals surface area (Å²) in [6.07, 6.45) is 0.451. The van der Waals surface area contributed by atoms with Crippen molar-refractivity contribution in [1.29, 1.82) is 0 Å². The van der Waals surface area contributed by atoms with Crippen LogP contribution in [-0.4, -0.2) is 48.0 Å². The number of amides is 1. The van der Waals surface area contributed by atoms with Gasteiger partial charge in [0.15, 0.2) is 5.69 Å². The summed E-state index contributed by atoms with van der Waals surface area (Å²) in [6, 6.07) is 7.70. The van der Waals surface area contributed by atoms with Gasteiger partial charge in [-0.15, -0.1) is 11.3 Å². The van der Waals surface area contributed by atoms with Crippen molar-refractivity contribution >= 4 is 23.2 Å². The van der Waals surface area contributed by atoms with Crippen LogP contribution in [0.2, 0.25) is 0 Å². The molecule has 0 saturated carbocycles. The van der Waals surface area contributed by atoms with Crippen LogP contribution >= 0.6 is 11.3 Å². The van der Waals surface area contributed by atoms with E-state index in [0.29, 0.717) is 31.7 Å². The molecule has 1 aliphatic rings. The van der Waals surface area contributed by atoms with Crippen molar-refractivity contribution in [3.8, 4) is 10.6 Å². The molecular weight excluding hydrogens is 366 g/mol. The van der Waals surface area contributed by atoms with E-state index in [9.17, 15) is 9.59 Å². The number of rotatable bonds is 5. The summed E-state index contributed by atoms with van der Waals surface area (Å²) in [4.78, 5) is 26.5. The van der Waals surface area contributed by atoms with Crippen LogP contribution in [0.15, 0.2) is 29.6 Å². The van der Waals surface area contributed by atoms with Gasteiger partial charge < -0.3 is 10.0 Å². The number of carbonyl (C=O) groups is 2. The molecule has 3 aromatic rings. The van der Waals surface area contributed by atoms with Crippen LogP contribution in [0, 0.1) is 0 Å². The maximum Gasteiger partial charge on any atom is 0.303 e. The first kappa shape index (κ1) is 17.5. The van der Waals surface area contributed by atoms with Crippen molar-refractivity contribution in [2.75, 3.05) is 6.54 Å². The van der Waals surface area contributed by atoms with Crippen LogP contribution in [0.25, 0.3) is 10.6 Å². The van der Waals surface area contributed by atoms with E-state index in [1.807, 2.05) is 41.4 Å². The zero-order chi connectivity index (χ0) is 19.0. The fraction of sp³-hybridized carbons (Fsp3) is 0.333. The van der Waals surface area contributed by atoms with Crippen molar-refractivity contribution in [3.05, 3.63) is 46.7 Å². The van der Waals surface area contributed by atoms with E-state index >= 15 is 0 Å². The first-order valence-corrected chi connectivity index (χ1v) is 9.54. The predicted molar refractivity (Wildman–Crippen MR) is 99.4 cm³/mol. The van der Waals surface area contributed by atoms with E-state index in [1.165, 1.54) is 0 Å². The number of hydrogen-bond acceptors (Lipinski definition) is 5. The molecule has 4 rings (SSSR count). The third-order valence-corrected chi connectivity index (χ3v) is 5.50. The molecule has 0 fully saturated rings. The Hall–Kier alpha value is -2.94. The van der Waals surface area contributed by atoms with E-state index in [0.717, 1.165) is 22.0 Å². The number of nitrogens with zero attached hydrogens (tertiary/aromatic N) is 5. The summed E-state index contributed by atoms with van der Waals surface area (Å²) >= 11 is 1.61. The lowest BCUT2D eigenvalue weighted by atomic mass is 10.2. The van der Waals surface area contributed by atoms with Crippen molar-refractivity contribution in [2.24, 2.45) is 7.05 Å². The van der Waals surface area contributed by atoms with Crippen molar-refractivity contribution in [3.63, 3.8) is 0 Å². The number of aromatic nitrogens is 4. The molecular formula is C18H19N5O3S. The minimum atomic E-state index is -0.838. The second-order valence-corrected chi connectivity index (χ2v) is 7.43. The number of hydrogen-bond donors (Lipinski definition) is 1. The Morgan fingerprint density at radius 2 is 2.11 bits per heavy atom. The molecule has 1 amide bonds. The average Bonchev–Trinajstić information content (AvgIpc) is 3.37. The lowest BCUT2D eigenvalue weighted by molar-refractivity contribution is -0.136. The van der Waals surface area contributed by atoms with E-state index in [1.54, 1.807) is 20.9 Å². The maximum atomic E-state index is 12.9. The largest absolute Gasteiger partial charge is 0.481 e. The molecule has 4 heterocycles. The average molecular weight is 385 g/mol. The molecule has 3 aromatic heterocycles. The van der Waals surface area contributed by atoms with Gasteiger partial charge in [0.25, 0.3) is 5.91 Å². The molecule has 0 saturated heterocycles. The third kappa shape index (κ3) is 3.50. The third-order valence-electron chi connectivity index (χ3n) is 4.60. The van der Waals surface area contributed by atoms with Gasteiger partial charge in [0.2, 0.25) is 0 Å². The number of thiophene rings is 1. The van der Waals surface area contributed by atoms with Gasteiger partial charge in [0.05, 0.1) is 41.5 Å². The Morgan fingerprint density at radius 3 is 2.85 bits per heavy atom. The Balaban J connectivity index is 1.50. The van der Waals surface area contributed by atoms with E-state index in [2.05, 4.69) is 10.2 Å². The van der Waals surface area contributed by atoms with Gasteiger partial charge >= 0.3 is 5.97 Å². The van der Waals surface area contributed by atoms with Gasteiger partial charge in [0, 0.05) is 20.0 Å². The number of carbonyl (C=O) groups excluding carboxylic acids is 1. The standard InChI is InChI=1S/C18H19N5O3S/c1-21-15(16-3-2-8-27-16)10-14(20-21)18(26)22-6-7-23-13(11-22)9-12(19-23)4-5-17(24)25/h2-3,8-10H,4-7,11H2,1H3,(H,24,25). The second kappa shape index (κ2) is 6.99. The fourth-order valence-electron chi connectivity index (χ4n) is 3.25. The quantitative estimate of drug-likeness (QED) is 0.725. The molecule has 0 atom stereocenters. The molecule has 9 heteroatoms. The first-order chi connectivity index (χ1) is 13.0. The van der Waals surface area contributed by atoms with Crippen molar-refractivity contribution in [2.45, 2.75) is 25.9 Å². The van der Waals surface area contributed by atoms with E-state index in [4.69, 9.17) is 5.11 Å². The minimum Gasteiger partial charge on any atom is -0.481 e. The summed E-state index contributed by atoms with van der Waals surface area (Å²) in [6.45, 7) is 1.60. The van der Waals surface area contributed by atoms with E-state index in [-0.39, 0.29) is 12.3 Å². The number of aryl methyl sites for hydroxylation is 2. The Bertz CT molecular complexity index is 989. The minimum absolute atomic E-state index is 0.0541. The monoisotopic (exact) mass is 385 g/mol. The van der Waals surface area contributed by atoms with Gasteiger partial charge in [0.1, 0.15) is 0 Å². The highest BCUT2D eigenvalue weighted by molar-refractivity contribution is 7.13. The molecule has 140 valence electrons. The zero-order valence-electron chi connectivity index (χ0n) is 14.8. The first-order valence-electron chi connectivity index (χ1n) is 8.66. The van der Waals surface area contributed by atoms with Crippen LogP contribution in [-0.2, 0) is 31.4 Å². The molecule has 27 heavy (non-hydrogen) atoms. The summed E-state index contributed by atoms with van der Waals surface area (Å²) < 4.78 is 3.59. The SMILES string of the molecule is Cn1nc(C(=O)N2CCn3nc(CCC(=O)O)cc3C2)cc1-c1cccs1. The number of carboxylic acids is 1. The van der Waals surface area contributed by atoms with Crippen molar-refractivity contribution < 1.29 is 14.7 Å². The van der Waals surface area contributed by atoms with Crippen molar-refractivity contribution in [1.82, 2.24) is 24.5 Å². The molecule has 8 nitrogen and oxygen atoms in total. The molecule has 0 unspecified atom stereocenters. The van der Waals surface area contributed by atoms with Gasteiger partial charge in [-0.1, -0.05) is 6.07 Å². The lowest BCUT2D eigenvalue weighted by Gasteiger charge is -2.26. The normalized spacial score (nSPS) is 13.6. The van der Waals surface area contributed by atoms with Gasteiger partial charge in [-0.25, -0.2) is 0 Å². The fourth-order valence-corrected chi connectivity index (χ4v) is 4.02. The molecule has 0 radical (unpaired) electrons. The maximum absolute atomic E-state index is 12.9. The highest BCUT2D eigenvalue weighted by atomic mass is 32.1. The number of carboxylic acid groups (broad SMARTS) is 1. The highest BCUT2D eigenvalue weighted by Gasteiger charge is 2.25. The zero-order valence-corrected chi connectivity index (χ0v) is 15.6. The van der Waals surface area contributed by atoms with Gasteiger partial charge in [-0.05, 0) is 23.6 Å². The Kier molecular flexibility index (Phi) is 4.53.